The third-order valence-corrected chi connectivity index (χ3v) is 8.53. The summed E-state index contributed by atoms with van der Waals surface area (Å²) < 4.78 is 7.84. The van der Waals surface area contributed by atoms with Crippen molar-refractivity contribution in [3.8, 4) is 0 Å². The summed E-state index contributed by atoms with van der Waals surface area (Å²) in [7, 11) is 0. The summed E-state index contributed by atoms with van der Waals surface area (Å²) in [6.45, 7) is 13.6. The maximum absolute atomic E-state index is 13.8. The molecule has 2 aromatic heterocycles. The zero-order valence-corrected chi connectivity index (χ0v) is 22.4. The molecule has 0 bridgehead atoms. The van der Waals surface area contributed by atoms with Gasteiger partial charge in [-0.1, -0.05) is 26.2 Å². The molecule has 0 aromatic carbocycles. The Morgan fingerprint density at radius 2 is 1.75 bits per heavy atom. The highest BCUT2D eigenvalue weighted by Gasteiger charge is 2.48. The molecule has 1 saturated heterocycles. The summed E-state index contributed by atoms with van der Waals surface area (Å²) in [5.74, 6) is 0.723. The zero-order valence-electron chi connectivity index (χ0n) is 22.4. The molecule has 1 atom stereocenters. The molecule has 0 radical (unpaired) electrons. The van der Waals surface area contributed by atoms with E-state index in [2.05, 4.69) is 22.0 Å². The number of amides is 2. The summed E-state index contributed by atoms with van der Waals surface area (Å²) in [4.78, 5) is 34.5. The molecule has 2 amide bonds. The second kappa shape index (κ2) is 10.6. The highest BCUT2D eigenvalue weighted by atomic mass is 16.3. The average Bonchev–Trinajstić information content (AvgIpc) is 3.39. The molecule has 5 rings (SSSR count). The molecule has 2 fully saturated rings. The van der Waals surface area contributed by atoms with Crippen LogP contribution < -0.4 is 5.32 Å². The van der Waals surface area contributed by atoms with Crippen molar-refractivity contribution in [2.45, 2.75) is 83.8 Å². The topological polar surface area (TPSA) is 74.0 Å². The first kappa shape index (κ1) is 25.3. The quantitative estimate of drug-likeness (QED) is 0.603. The van der Waals surface area contributed by atoms with E-state index in [0.717, 1.165) is 81.7 Å². The number of nitrogens with zero attached hydrogens (tertiary/aromatic N) is 4. The molecule has 3 aliphatic rings. The number of fused-ring (bicyclic) bond motifs is 3. The predicted molar refractivity (Wildman–Crippen MR) is 141 cm³/mol. The molecule has 1 saturated carbocycles. The smallest absolute Gasteiger partial charge is 0.271 e. The van der Waals surface area contributed by atoms with Gasteiger partial charge < -0.3 is 29.0 Å². The van der Waals surface area contributed by atoms with Crippen LogP contribution in [0.25, 0.3) is 11.1 Å². The summed E-state index contributed by atoms with van der Waals surface area (Å²) in [5.41, 5.74) is 1.31. The Morgan fingerprint density at radius 1 is 1.06 bits per heavy atom. The maximum atomic E-state index is 13.8. The van der Waals surface area contributed by atoms with Crippen molar-refractivity contribution < 1.29 is 14.0 Å². The number of hydrogen-bond donors (Lipinski definition) is 1. The molecule has 198 valence electrons. The lowest BCUT2D eigenvalue weighted by molar-refractivity contribution is -0.133. The van der Waals surface area contributed by atoms with Crippen LogP contribution in [-0.4, -0.2) is 88.5 Å². The number of piperazine rings is 1. The van der Waals surface area contributed by atoms with Crippen molar-refractivity contribution in [2.24, 2.45) is 0 Å². The van der Waals surface area contributed by atoms with Gasteiger partial charge in [0.1, 0.15) is 17.0 Å². The highest BCUT2D eigenvalue weighted by Crippen LogP contribution is 2.34. The van der Waals surface area contributed by atoms with Crippen LogP contribution in [0, 0.1) is 6.92 Å². The maximum Gasteiger partial charge on any atom is 0.271 e. The minimum atomic E-state index is -0.932. The predicted octanol–water partition coefficient (Wildman–Crippen LogP) is 3.62. The van der Waals surface area contributed by atoms with Crippen LogP contribution in [-0.2, 0) is 11.3 Å². The van der Waals surface area contributed by atoms with Crippen LogP contribution in [0.1, 0.15) is 75.0 Å². The van der Waals surface area contributed by atoms with Gasteiger partial charge in [0.05, 0.1) is 12.1 Å². The van der Waals surface area contributed by atoms with Crippen molar-refractivity contribution in [3.63, 3.8) is 0 Å². The van der Waals surface area contributed by atoms with Crippen molar-refractivity contribution in [1.29, 1.82) is 0 Å². The Hall–Kier alpha value is -2.32. The number of aryl methyl sites for hydroxylation is 1. The van der Waals surface area contributed by atoms with Crippen molar-refractivity contribution >= 4 is 22.9 Å². The van der Waals surface area contributed by atoms with Crippen LogP contribution >= 0.6 is 0 Å². The number of hydrogen-bond acceptors (Lipinski definition) is 5. The van der Waals surface area contributed by atoms with Crippen LogP contribution in [0.4, 0.5) is 0 Å². The van der Waals surface area contributed by atoms with Gasteiger partial charge in [0, 0.05) is 50.9 Å². The number of rotatable bonds is 8. The minimum Gasteiger partial charge on any atom is -0.460 e. The Bertz CT molecular complexity index is 1080. The molecular formula is C28H43N5O3. The van der Waals surface area contributed by atoms with Crippen LogP contribution in [0.15, 0.2) is 16.5 Å². The molecule has 36 heavy (non-hydrogen) atoms. The van der Waals surface area contributed by atoms with Gasteiger partial charge in [-0.2, -0.15) is 0 Å². The third-order valence-electron chi connectivity index (χ3n) is 8.53. The van der Waals surface area contributed by atoms with E-state index < -0.39 is 5.54 Å². The van der Waals surface area contributed by atoms with E-state index in [-0.39, 0.29) is 17.9 Å². The molecule has 1 N–H and O–H groups in total. The molecule has 4 heterocycles. The first-order valence-corrected chi connectivity index (χ1v) is 14.1. The molecule has 1 aliphatic carbocycles. The number of furan rings is 1. The monoisotopic (exact) mass is 497 g/mol. The molecule has 2 aliphatic heterocycles. The molecule has 8 heteroatoms. The zero-order chi connectivity index (χ0) is 25.3. The number of carbonyl (C=O) groups excluding carboxylic acids is 2. The summed E-state index contributed by atoms with van der Waals surface area (Å²) in [6, 6.07) is 4.03. The summed E-state index contributed by atoms with van der Waals surface area (Å²) >= 11 is 0. The second-order valence-corrected chi connectivity index (χ2v) is 11.3. The molecular weight excluding hydrogens is 454 g/mol. The first-order chi connectivity index (χ1) is 17.4. The molecule has 1 unspecified atom stereocenters. The average molecular weight is 498 g/mol. The summed E-state index contributed by atoms with van der Waals surface area (Å²) in [5, 5.41) is 3.33. The fourth-order valence-corrected chi connectivity index (χ4v) is 6.40. The van der Waals surface area contributed by atoms with Gasteiger partial charge in [-0.15, -0.1) is 0 Å². The van der Waals surface area contributed by atoms with Gasteiger partial charge in [-0.3, -0.25) is 9.59 Å². The molecule has 2 aromatic rings. The van der Waals surface area contributed by atoms with Crippen LogP contribution in [0.3, 0.4) is 0 Å². The van der Waals surface area contributed by atoms with Gasteiger partial charge in [0.2, 0.25) is 5.91 Å². The Kier molecular flexibility index (Phi) is 7.45. The number of aromatic nitrogens is 1. The Morgan fingerprint density at radius 3 is 2.44 bits per heavy atom. The van der Waals surface area contributed by atoms with E-state index in [0.29, 0.717) is 18.8 Å². The molecule has 8 nitrogen and oxygen atoms in total. The van der Waals surface area contributed by atoms with Crippen molar-refractivity contribution in [2.75, 3.05) is 45.8 Å². The Labute approximate surface area is 214 Å². The van der Waals surface area contributed by atoms with E-state index in [1.807, 2.05) is 35.4 Å². The molecule has 0 spiro atoms. The first-order valence-electron chi connectivity index (χ1n) is 14.1. The van der Waals surface area contributed by atoms with Crippen molar-refractivity contribution in [1.82, 2.24) is 24.6 Å². The highest BCUT2D eigenvalue weighted by molar-refractivity contribution is 6.03. The lowest BCUT2D eigenvalue weighted by atomic mass is 9.91. The number of carbonyl (C=O) groups is 2. The fraction of sp³-hybridized carbons (Fsp3) is 0.714. The van der Waals surface area contributed by atoms with Gasteiger partial charge >= 0.3 is 0 Å². The summed E-state index contributed by atoms with van der Waals surface area (Å²) in [6.07, 6.45) is 7.68. The SMILES string of the molecule is CCCN1CCN(CCCN2C(=O)c3cc4oc(C)cc4n3CC2(C)C(=O)NC2CCCCC2)CC1. The largest absolute Gasteiger partial charge is 0.460 e. The Balaban J connectivity index is 1.32. The van der Waals surface area contributed by atoms with E-state index in [4.69, 9.17) is 4.42 Å². The lowest BCUT2D eigenvalue weighted by Crippen LogP contribution is -2.65. The standard InChI is InChI=1S/C28H43N5O3/c1-4-11-30-14-16-31(17-15-30)12-8-13-33-26(34)24-19-25-23(18-21(2)36-25)32(24)20-28(33,3)27(35)29-22-9-6-5-7-10-22/h18-19,22H,4-17,20H2,1-3H3,(H,29,35). The third kappa shape index (κ3) is 4.94. The van der Waals surface area contributed by atoms with Crippen LogP contribution in [0.2, 0.25) is 0 Å². The minimum absolute atomic E-state index is 0.0244. The van der Waals surface area contributed by atoms with Gasteiger partial charge in [0.15, 0.2) is 5.58 Å². The lowest BCUT2D eigenvalue weighted by Gasteiger charge is -2.45. The van der Waals surface area contributed by atoms with Gasteiger partial charge in [-0.05, 0) is 52.6 Å². The number of nitrogens with one attached hydrogen (secondary N) is 1. The van der Waals surface area contributed by atoms with Gasteiger partial charge in [0.25, 0.3) is 5.91 Å². The van der Waals surface area contributed by atoms with E-state index in [1.165, 1.54) is 19.4 Å². The van der Waals surface area contributed by atoms with Crippen molar-refractivity contribution in [3.05, 3.63) is 23.6 Å². The fourth-order valence-electron chi connectivity index (χ4n) is 6.40. The second-order valence-electron chi connectivity index (χ2n) is 11.3. The van der Waals surface area contributed by atoms with E-state index in [9.17, 15) is 9.59 Å². The van der Waals surface area contributed by atoms with Gasteiger partial charge in [-0.25, -0.2) is 0 Å². The van der Waals surface area contributed by atoms with E-state index in [1.54, 1.807) is 0 Å². The van der Waals surface area contributed by atoms with E-state index >= 15 is 0 Å². The van der Waals surface area contributed by atoms with Crippen LogP contribution in [0.5, 0.6) is 0 Å². The normalized spacial score (nSPS) is 24.4.